The fourth-order valence-electron chi connectivity index (χ4n) is 0.864. The van der Waals surface area contributed by atoms with E-state index in [2.05, 4.69) is 4.28 Å². The third-order valence-corrected chi connectivity index (χ3v) is 2.00. The van der Waals surface area contributed by atoms with E-state index in [-0.39, 0.29) is 5.06 Å². The van der Waals surface area contributed by atoms with Crippen LogP contribution in [0.1, 0.15) is 17.9 Å². The second kappa shape index (κ2) is 2.64. The molecule has 0 radical (unpaired) electrons. The fraction of sp³-hybridized carbons (Fsp3) is 0.800. The van der Waals surface area contributed by atoms with Gasteiger partial charge in [0.2, 0.25) is 0 Å². The highest BCUT2D eigenvalue weighted by molar-refractivity contribution is 7.80. The molecule has 0 bridgehead atoms. The summed E-state index contributed by atoms with van der Waals surface area (Å²) >= 11 is 0. The van der Waals surface area contributed by atoms with Gasteiger partial charge in [-0.25, -0.2) is 0 Å². The highest BCUT2D eigenvalue weighted by atomic mass is 32.3. The molecule has 0 aromatic heterocycles. The molecule has 1 aliphatic rings. The van der Waals surface area contributed by atoms with E-state index < -0.39 is 34.7 Å². The lowest BCUT2D eigenvalue weighted by molar-refractivity contribution is -0.214. The summed E-state index contributed by atoms with van der Waals surface area (Å²) in [5.41, 5.74) is 3.30. The van der Waals surface area contributed by atoms with Crippen molar-refractivity contribution in [1.82, 2.24) is 5.06 Å². The summed E-state index contributed by atoms with van der Waals surface area (Å²) in [4.78, 5) is 11.2. The maximum Gasteiger partial charge on any atom is 0.418 e. The van der Waals surface area contributed by atoms with Gasteiger partial charge >= 0.3 is 10.4 Å². The van der Waals surface area contributed by atoms with Crippen molar-refractivity contribution in [3.8, 4) is 0 Å². The van der Waals surface area contributed by atoms with Crippen molar-refractivity contribution in [3.05, 3.63) is 0 Å². The topological polar surface area (TPSA) is 110 Å². The third-order valence-electron chi connectivity index (χ3n) is 1.66. The molecule has 1 rings (SSSR count). The predicted octanol–water partition coefficient (Wildman–Crippen LogP) is -1.33. The van der Waals surface area contributed by atoms with Gasteiger partial charge in [-0.3, -0.25) is 9.35 Å². The van der Waals surface area contributed by atoms with E-state index in [1.54, 1.807) is 0 Å². The van der Waals surface area contributed by atoms with Crippen LogP contribution in [0.15, 0.2) is 0 Å². The number of carbonyl (C=O) groups is 1. The van der Waals surface area contributed by atoms with E-state index in [1.165, 1.54) is 0 Å². The Kier molecular flexibility index (Phi) is 1.36. The smallest absolute Gasteiger partial charge is 0.318 e. The van der Waals surface area contributed by atoms with Crippen LogP contribution in [0.2, 0.25) is 0 Å². The molecule has 0 saturated carbocycles. The Morgan fingerprint density at radius 1 is 1.85 bits per heavy atom. The number of rotatable bonds is 2. The van der Waals surface area contributed by atoms with Crippen molar-refractivity contribution >= 4 is 16.3 Å². The molecule has 13 heavy (non-hydrogen) atoms. The number of carbonyl (C=O) groups excluding carboxylic acids is 1. The Morgan fingerprint density at radius 3 is 2.77 bits per heavy atom. The number of nitrogens with zero attached hydrogens (tertiary/aromatic N) is 1. The molecular weight excluding hydrogens is 200 g/mol. The Balaban J connectivity index is 3.06. The first-order valence-corrected chi connectivity index (χ1v) is 4.54. The lowest BCUT2D eigenvalue weighted by Gasteiger charge is -2.48. The quantitative estimate of drug-likeness (QED) is 0.434. The molecule has 1 aliphatic heterocycles. The first kappa shape index (κ1) is 6.71. The summed E-state index contributed by atoms with van der Waals surface area (Å²) in [5, 5.41) is 0.0556. The molecule has 76 valence electrons. The van der Waals surface area contributed by atoms with Crippen LogP contribution in [0.25, 0.3) is 0 Å². The molecule has 1 heterocycles. The monoisotopic (exact) mass is 213 g/mol. The van der Waals surface area contributed by atoms with Gasteiger partial charge in [0, 0.05) is 4.11 Å². The highest BCUT2D eigenvalue weighted by Crippen LogP contribution is 2.30. The number of hydroxylamine groups is 2. The zero-order chi connectivity index (χ0) is 12.9. The first-order valence-electron chi connectivity index (χ1n) is 4.68. The summed E-state index contributed by atoms with van der Waals surface area (Å²) in [6, 6.07) is -1.42. The van der Waals surface area contributed by atoms with E-state index in [0.29, 0.717) is 0 Å². The minimum absolute atomic E-state index is 0.0556. The maximum absolute atomic E-state index is 11.2. The van der Waals surface area contributed by atoms with Crippen LogP contribution in [0, 0.1) is 0 Å². The molecule has 1 amide bonds. The molecule has 0 aromatic carbocycles. The second-order valence-corrected chi connectivity index (χ2v) is 3.76. The van der Waals surface area contributed by atoms with E-state index in [1.807, 2.05) is 0 Å². The summed E-state index contributed by atoms with van der Waals surface area (Å²) in [5.74, 6) is -1.03. The Morgan fingerprint density at radius 2 is 2.38 bits per heavy atom. The average Bonchev–Trinajstić information content (AvgIpc) is 2.08. The van der Waals surface area contributed by atoms with Crippen molar-refractivity contribution in [2.45, 2.75) is 25.4 Å². The predicted molar refractivity (Wildman–Crippen MR) is 41.5 cm³/mol. The number of hydrogen-bond donors (Lipinski definition) is 2. The Bertz CT molecular complexity index is 420. The minimum atomic E-state index is -4.97. The van der Waals surface area contributed by atoms with Gasteiger partial charge in [-0.15, -0.1) is 4.28 Å². The second-order valence-electron chi connectivity index (χ2n) is 2.76. The van der Waals surface area contributed by atoms with Crippen molar-refractivity contribution in [2.24, 2.45) is 5.73 Å². The summed E-state index contributed by atoms with van der Waals surface area (Å²) in [7, 11) is -4.97. The number of nitrogens with two attached hydrogens (primary N) is 1. The van der Waals surface area contributed by atoms with Gasteiger partial charge in [0.15, 0.2) is 0 Å². The van der Waals surface area contributed by atoms with Gasteiger partial charge in [-0.05, 0) is 13.8 Å². The summed E-state index contributed by atoms with van der Waals surface area (Å²) in [6.07, 6.45) is 0. The van der Waals surface area contributed by atoms with Gasteiger partial charge in [-0.2, -0.15) is 13.5 Å². The van der Waals surface area contributed by atoms with E-state index >= 15 is 0 Å². The maximum atomic E-state index is 11.2. The average molecular weight is 213 g/mol. The van der Waals surface area contributed by atoms with Gasteiger partial charge in [0.1, 0.15) is 6.04 Å². The first-order chi connectivity index (χ1) is 6.91. The lowest BCUT2D eigenvalue weighted by atomic mass is 9.86. The van der Waals surface area contributed by atoms with E-state index in [4.69, 9.17) is 14.4 Å². The van der Waals surface area contributed by atoms with Crippen molar-refractivity contribution in [3.63, 3.8) is 0 Å². The van der Waals surface area contributed by atoms with Crippen molar-refractivity contribution in [1.29, 1.82) is 0 Å². The van der Waals surface area contributed by atoms with Gasteiger partial charge in [0.25, 0.3) is 5.91 Å². The highest BCUT2D eigenvalue weighted by Gasteiger charge is 2.55. The Hall–Kier alpha value is -0.700. The molecule has 0 unspecified atom stereocenters. The van der Waals surface area contributed by atoms with Gasteiger partial charge in [0.05, 0.1) is 5.54 Å². The molecule has 1 saturated heterocycles. The van der Waals surface area contributed by atoms with E-state index in [9.17, 15) is 13.2 Å². The molecule has 0 spiro atoms. The Labute approximate surface area is 79.6 Å². The molecule has 2 atom stereocenters. The van der Waals surface area contributed by atoms with Crippen LogP contribution in [0.5, 0.6) is 0 Å². The normalized spacial score (nSPS) is 39.0. The molecule has 0 aromatic rings. The molecule has 1 fully saturated rings. The van der Waals surface area contributed by atoms with Gasteiger partial charge in [-0.1, -0.05) is 0 Å². The SMILES string of the molecule is [2H]C([2H])([2H])[C@@]1(C)[C@H](N)C(=O)N1OS(=O)(=O)O. The van der Waals surface area contributed by atoms with Crippen LogP contribution >= 0.6 is 0 Å². The lowest BCUT2D eigenvalue weighted by Crippen LogP contribution is -2.74. The summed E-state index contributed by atoms with van der Waals surface area (Å²) < 4.78 is 54.5. The van der Waals surface area contributed by atoms with Crippen LogP contribution in [-0.2, 0) is 19.5 Å². The van der Waals surface area contributed by atoms with Crippen LogP contribution in [0.4, 0.5) is 0 Å². The number of amides is 1. The minimum Gasteiger partial charge on any atom is -0.318 e. The zero-order valence-corrected chi connectivity index (χ0v) is 7.41. The van der Waals surface area contributed by atoms with E-state index in [0.717, 1.165) is 6.92 Å². The van der Waals surface area contributed by atoms with Crippen LogP contribution in [0.3, 0.4) is 0 Å². The molecule has 8 heteroatoms. The molecular formula is C5H10N2O5S. The van der Waals surface area contributed by atoms with Crippen molar-refractivity contribution < 1.29 is 26.2 Å². The van der Waals surface area contributed by atoms with Crippen LogP contribution in [-0.4, -0.2) is 35.5 Å². The molecule has 3 N–H and O–H groups in total. The fourth-order valence-corrected chi connectivity index (χ4v) is 1.28. The molecule has 0 aliphatic carbocycles. The summed E-state index contributed by atoms with van der Waals surface area (Å²) in [6.45, 7) is -1.71. The van der Waals surface area contributed by atoms with Crippen molar-refractivity contribution in [2.75, 3.05) is 0 Å². The standard InChI is InChI=1S/C5H10N2O5S/c1-5(2)3(6)4(8)7(5)12-13(9,10)11/h3H,6H2,1-2H3,(H,9,10,11)/t3-/m1/s1/i1D3/t3-,5-. The number of β-lactam (4-membered cyclic amide) rings is 1. The van der Waals surface area contributed by atoms with Crippen LogP contribution < -0.4 is 5.73 Å². The zero-order valence-electron chi connectivity index (χ0n) is 9.59. The molecule has 7 nitrogen and oxygen atoms in total. The number of hydrogen-bond acceptors (Lipinski definition) is 5. The third kappa shape index (κ3) is 1.66. The van der Waals surface area contributed by atoms with Gasteiger partial charge < -0.3 is 5.73 Å². The largest absolute Gasteiger partial charge is 0.418 e.